The molecule has 2 aromatic carbocycles. The van der Waals surface area contributed by atoms with Gasteiger partial charge in [-0.3, -0.25) is 0 Å². The van der Waals surface area contributed by atoms with Crippen molar-refractivity contribution in [2.24, 2.45) is 0 Å². The van der Waals surface area contributed by atoms with E-state index in [1.54, 1.807) is 30.3 Å². The Hall–Kier alpha value is -1.65. The van der Waals surface area contributed by atoms with Crippen molar-refractivity contribution in [2.75, 3.05) is 0 Å². The zero-order chi connectivity index (χ0) is 15.6. The van der Waals surface area contributed by atoms with Crippen molar-refractivity contribution in [1.29, 1.82) is 0 Å². The zero-order valence-electron chi connectivity index (χ0n) is 12.5. The Morgan fingerprint density at radius 2 is 1.50 bits per heavy atom. The lowest BCUT2D eigenvalue weighted by atomic mass is 9.92. The second kappa shape index (κ2) is 6.23. The van der Waals surface area contributed by atoms with Crippen LogP contribution in [0.4, 0.5) is 0 Å². The fourth-order valence-electron chi connectivity index (χ4n) is 2.95. The minimum Gasteiger partial charge on any atom is -0.392 e. The van der Waals surface area contributed by atoms with Gasteiger partial charge >= 0.3 is 0 Å². The molecule has 0 saturated carbocycles. The predicted octanol–water partition coefficient (Wildman–Crippen LogP) is 3.03. The molecule has 0 aromatic heterocycles. The molecule has 4 heteroatoms. The van der Waals surface area contributed by atoms with Crippen molar-refractivity contribution < 1.29 is 13.5 Å². The summed E-state index contributed by atoms with van der Waals surface area (Å²) in [4.78, 5) is 0.416. The summed E-state index contributed by atoms with van der Waals surface area (Å²) in [5, 5.41) is 9.03. The number of hydrogen-bond donors (Lipinski definition) is 1. The normalized spacial score (nSPS) is 14.6. The molecule has 0 unspecified atom stereocenters. The van der Waals surface area contributed by atoms with E-state index in [4.69, 9.17) is 5.11 Å². The van der Waals surface area contributed by atoms with Gasteiger partial charge in [0.25, 0.3) is 0 Å². The van der Waals surface area contributed by atoms with Crippen molar-refractivity contribution in [3.63, 3.8) is 0 Å². The van der Waals surface area contributed by atoms with E-state index in [2.05, 4.69) is 0 Å². The molecule has 3 nitrogen and oxygen atoms in total. The van der Waals surface area contributed by atoms with Crippen LogP contribution in [0.3, 0.4) is 0 Å². The van der Waals surface area contributed by atoms with Gasteiger partial charge in [0.05, 0.1) is 17.3 Å². The van der Waals surface area contributed by atoms with Crippen molar-refractivity contribution >= 4 is 9.84 Å². The summed E-state index contributed by atoms with van der Waals surface area (Å²) < 4.78 is 25.2. The van der Waals surface area contributed by atoms with Crippen LogP contribution in [-0.2, 0) is 35.0 Å². The summed E-state index contributed by atoms with van der Waals surface area (Å²) in [5.41, 5.74) is 4.00. The van der Waals surface area contributed by atoms with E-state index in [1.165, 1.54) is 17.5 Å². The highest BCUT2D eigenvalue weighted by molar-refractivity contribution is 7.90. The lowest BCUT2D eigenvalue weighted by Crippen LogP contribution is -2.08. The lowest BCUT2D eigenvalue weighted by molar-refractivity contribution is 0.282. The molecule has 0 fully saturated rings. The fraction of sp³-hybridized carbons (Fsp3) is 0.333. The molecule has 2 aromatic rings. The summed E-state index contributed by atoms with van der Waals surface area (Å²) >= 11 is 0. The second-order valence-corrected chi connectivity index (χ2v) is 7.86. The first kappa shape index (κ1) is 15.3. The number of benzene rings is 2. The summed E-state index contributed by atoms with van der Waals surface area (Å²) in [5.74, 6) is -0.00248. The Morgan fingerprint density at radius 3 is 2.18 bits per heavy atom. The topological polar surface area (TPSA) is 54.4 Å². The maximum atomic E-state index is 12.6. The third-order valence-corrected chi connectivity index (χ3v) is 5.93. The van der Waals surface area contributed by atoms with Gasteiger partial charge in [-0.2, -0.15) is 0 Å². The number of rotatable bonds is 4. The Labute approximate surface area is 131 Å². The largest absolute Gasteiger partial charge is 0.392 e. The van der Waals surface area contributed by atoms with E-state index in [0.29, 0.717) is 4.90 Å². The molecule has 0 atom stereocenters. The highest BCUT2D eigenvalue weighted by Crippen LogP contribution is 2.25. The van der Waals surface area contributed by atoms with Gasteiger partial charge in [-0.1, -0.05) is 30.3 Å². The third kappa shape index (κ3) is 3.23. The van der Waals surface area contributed by atoms with Gasteiger partial charge < -0.3 is 5.11 Å². The van der Waals surface area contributed by atoms with E-state index in [1.807, 2.05) is 12.1 Å². The molecule has 0 heterocycles. The van der Waals surface area contributed by atoms with Gasteiger partial charge in [0.15, 0.2) is 9.84 Å². The van der Waals surface area contributed by atoms with Crippen LogP contribution in [0.5, 0.6) is 0 Å². The van der Waals surface area contributed by atoms with Crippen molar-refractivity contribution in [3.8, 4) is 0 Å². The second-order valence-electron chi connectivity index (χ2n) is 5.87. The smallest absolute Gasteiger partial charge is 0.182 e. The molecule has 0 spiro atoms. The molecule has 116 valence electrons. The lowest BCUT2D eigenvalue weighted by Gasteiger charge is -2.16. The number of aryl methyl sites for hydroxylation is 2. The Bertz CT molecular complexity index is 761. The van der Waals surface area contributed by atoms with Crippen LogP contribution in [0.2, 0.25) is 0 Å². The molecule has 22 heavy (non-hydrogen) atoms. The van der Waals surface area contributed by atoms with E-state index in [9.17, 15) is 8.42 Å². The number of aliphatic hydroxyl groups excluding tert-OH is 1. The Morgan fingerprint density at radius 1 is 0.864 bits per heavy atom. The molecule has 0 amide bonds. The summed E-state index contributed by atoms with van der Waals surface area (Å²) in [6.45, 7) is -0.0299. The van der Waals surface area contributed by atoms with Gasteiger partial charge in [-0.05, 0) is 60.1 Å². The SMILES string of the molecule is O=S(=O)(Cc1ccc(CO)cc1)c1ccc2c(c1)CCCC2. The summed E-state index contributed by atoms with van der Waals surface area (Å²) in [6.07, 6.45) is 4.36. The highest BCUT2D eigenvalue weighted by Gasteiger charge is 2.18. The molecule has 0 saturated heterocycles. The third-order valence-electron chi connectivity index (χ3n) is 4.24. The maximum Gasteiger partial charge on any atom is 0.182 e. The van der Waals surface area contributed by atoms with Gasteiger partial charge in [-0.15, -0.1) is 0 Å². The molecule has 3 rings (SSSR count). The molecule has 0 bridgehead atoms. The van der Waals surface area contributed by atoms with Crippen LogP contribution < -0.4 is 0 Å². The van der Waals surface area contributed by atoms with E-state index in [-0.39, 0.29) is 12.4 Å². The number of fused-ring (bicyclic) bond motifs is 1. The van der Waals surface area contributed by atoms with Crippen molar-refractivity contribution in [2.45, 2.75) is 42.9 Å². The fourth-order valence-corrected chi connectivity index (χ4v) is 4.34. The Balaban J connectivity index is 1.85. The molecule has 1 aliphatic carbocycles. The monoisotopic (exact) mass is 316 g/mol. The number of hydrogen-bond acceptors (Lipinski definition) is 3. The average molecular weight is 316 g/mol. The van der Waals surface area contributed by atoms with Gasteiger partial charge in [0.2, 0.25) is 0 Å². The molecular formula is C18H20O3S. The molecule has 0 radical (unpaired) electrons. The maximum absolute atomic E-state index is 12.6. The van der Waals surface area contributed by atoms with E-state index < -0.39 is 9.84 Å². The van der Waals surface area contributed by atoms with Crippen molar-refractivity contribution in [1.82, 2.24) is 0 Å². The minimum atomic E-state index is -3.33. The van der Waals surface area contributed by atoms with E-state index in [0.717, 1.165) is 30.4 Å². The summed E-state index contributed by atoms with van der Waals surface area (Å²) in [7, 11) is -3.33. The standard InChI is InChI=1S/C18H20O3S/c19-12-14-5-7-15(8-6-14)13-22(20,21)18-10-9-16-3-1-2-4-17(16)11-18/h5-11,19H,1-4,12-13H2. The minimum absolute atomic E-state index is 0.00248. The molecule has 1 aliphatic rings. The van der Waals surface area contributed by atoms with E-state index >= 15 is 0 Å². The van der Waals surface area contributed by atoms with Crippen LogP contribution in [0, 0.1) is 0 Å². The van der Waals surface area contributed by atoms with Crippen LogP contribution in [-0.4, -0.2) is 13.5 Å². The first-order valence-corrected chi connectivity index (χ1v) is 9.27. The van der Waals surface area contributed by atoms with Crippen LogP contribution in [0.25, 0.3) is 0 Å². The van der Waals surface area contributed by atoms with Crippen LogP contribution in [0.1, 0.15) is 35.1 Å². The molecular weight excluding hydrogens is 296 g/mol. The summed E-state index contributed by atoms with van der Waals surface area (Å²) in [6, 6.07) is 12.6. The quantitative estimate of drug-likeness (QED) is 0.943. The van der Waals surface area contributed by atoms with Crippen LogP contribution in [0.15, 0.2) is 47.4 Å². The first-order valence-electron chi connectivity index (χ1n) is 7.62. The molecule has 0 aliphatic heterocycles. The van der Waals surface area contributed by atoms with Gasteiger partial charge in [-0.25, -0.2) is 8.42 Å². The molecule has 1 N–H and O–H groups in total. The average Bonchev–Trinajstić information content (AvgIpc) is 2.55. The van der Waals surface area contributed by atoms with Crippen LogP contribution >= 0.6 is 0 Å². The Kier molecular flexibility index (Phi) is 4.32. The van der Waals surface area contributed by atoms with Gasteiger partial charge in [0.1, 0.15) is 0 Å². The first-order chi connectivity index (χ1) is 10.6. The zero-order valence-corrected chi connectivity index (χ0v) is 13.3. The number of aliphatic hydroxyl groups is 1. The predicted molar refractivity (Wildman–Crippen MR) is 86.3 cm³/mol. The van der Waals surface area contributed by atoms with Gasteiger partial charge in [0, 0.05) is 0 Å². The van der Waals surface area contributed by atoms with Crippen molar-refractivity contribution in [3.05, 3.63) is 64.7 Å². The highest BCUT2D eigenvalue weighted by atomic mass is 32.2. The number of sulfone groups is 1.